The SMILES string of the molecule is CC(=O)Nc1ccc(N2CC(NC[C@H](O)COc3cccc4[nH]c5ccccc5c34)C2)cc1. The number of aromatic nitrogens is 1. The molecule has 1 saturated heterocycles. The molecule has 1 amide bonds. The zero-order valence-corrected chi connectivity index (χ0v) is 18.5. The summed E-state index contributed by atoms with van der Waals surface area (Å²) in [7, 11) is 0. The normalized spacial score (nSPS) is 14.9. The summed E-state index contributed by atoms with van der Waals surface area (Å²) in [4.78, 5) is 16.8. The van der Waals surface area contributed by atoms with E-state index in [2.05, 4.69) is 32.7 Å². The molecular weight excluding hydrogens is 416 g/mol. The van der Waals surface area contributed by atoms with Gasteiger partial charge in [-0.1, -0.05) is 24.3 Å². The van der Waals surface area contributed by atoms with Crippen molar-refractivity contribution < 1.29 is 14.6 Å². The van der Waals surface area contributed by atoms with E-state index in [1.807, 2.05) is 54.6 Å². The van der Waals surface area contributed by atoms with E-state index in [0.717, 1.165) is 52.0 Å². The van der Waals surface area contributed by atoms with Crippen LogP contribution in [0.4, 0.5) is 11.4 Å². The molecule has 1 aliphatic heterocycles. The molecular formula is C26H28N4O3. The van der Waals surface area contributed by atoms with Crippen molar-refractivity contribution in [3.05, 3.63) is 66.7 Å². The Bertz CT molecular complexity index is 1260. The number of nitrogens with zero attached hydrogens (tertiary/aromatic N) is 1. The van der Waals surface area contributed by atoms with Crippen LogP contribution >= 0.6 is 0 Å². The first-order valence-corrected chi connectivity index (χ1v) is 11.2. The minimum atomic E-state index is -0.601. The number of aliphatic hydroxyl groups excluding tert-OH is 1. The van der Waals surface area contributed by atoms with Crippen LogP contribution in [0.2, 0.25) is 0 Å². The number of fused-ring (bicyclic) bond motifs is 3. The maximum atomic E-state index is 11.1. The lowest BCUT2D eigenvalue weighted by Crippen LogP contribution is -2.59. The fourth-order valence-corrected chi connectivity index (χ4v) is 4.31. The lowest BCUT2D eigenvalue weighted by atomic mass is 10.1. The largest absolute Gasteiger partial charge is 0.490 e. The number of H-pyrrole nitrogens is 1. The summed E-state index contributed by atoms with van der Waals surface area (Å²) in [5.41, 5.74) is 4.02. The average Bonchev–Trinajstić information content (AvgIpc) is 3.16. The van der Waals surface area contributed by atoms with Gasteiger partial charge in [-0.2, -0.15) is 0 Å². The van der Waals surface area contributed by atoms with E-state index in [1.54, 1.807) is 0 Å². The molecule has 7 nitrogen and oxygen atoms in total. The third-order valence-corrected chi connectivity index (χ3v) is 6.00. The zero-order chi connectivity index (χ0) is 22.8. The fourth-order valence-electron chi connectivity index (χ4n) is 4.31. The molecule has 5 rings (SSSR count). The maximum Gasteiger partial charge on any atom is 0.221 e. The molecule has 2 heterocycles. The summed E-state index contributed by atoms with van der Waals surface area (Å²) in [5, 5.41) is 18.8. The van der Waals surface area contributed by atoms with E-state index in [-0.39, 0.29) is 12.5 Å². The molecule has 1 aromatic heterocycles. The molecule has 33 heavy (non-hydrogen) atoms. The van der Waals surface area contributed by atoms with Gasteiger partial charge in [0, 0.05) is 60.3 Å². The molecule has 1 fully saturated rings. The average molecular weight is 445 g/mol. The van der Waals surface area contributed by atoms with Gasteiger partial charge in [0.05, 0.1) is 5.52 Å². The first-order chi connectivity index (χ1) is 16.1. The van der Waals surface area contributed by atoms with E-state index in [0.29, 0.717) is 12.6 Å². The molecule has 7 heteroatoms. The van der Waals surface area contributed by atoms with Crippen LogP contribution in [0.3, 0.4) is 0 Å². The van der Waals surface area contributed by atoms with E-state index < -0.39 is 6.10 Å². The third kappa shape index (κ3) is 4.65. The standard InChI is InChI=1S/C26H28N4O3/c1-17(31)28-18-9-11-20(12-10-18)30-14-19(15-30)27-13-21(32)16-33-25-8-4-7-24-26(25)22-5-2-3-6-23(22)29-24/h2-12,19,21,27,29,32H,13-16H2,1H3,(H,28,31)/t21-/m0/s1. The highest BCUT2D eigenvalue weighted by Gasteiger charge is 2.27. The molecule has 0 bridgehead atoms. The van der Waals surface area contributed by atoms with Gasteiger partial charge in [-0.05, 0) is 42.5 Å². The quantitative estimate of drug-likeness (QED) is 0.334. The lowest BCUT2D eigenvalue weighted by molar-refractivity contribution is -0.114. The first-order valence-electron chi connectivity index (χ1n) is 11.2. The number of benzene rings is 3. The van der Waals surface area contributed by atoms with E-state index >= 15 is 0 Å². The van der Waals surface area contributed by atoms with Crippen LogP contribution in [0.15, 0.2) is 66.7 Å². The number of carbonyl (C=O) groups is 1. The molecule has 1 atom stereocenters. The van der Waals surface area contributed by atoms with Crippen LogP contribution in [0, 0.1) is 0 Å². The van der Waals surface area contributed by atoms with Gasteiger partial charge in [0.15, 0.2) is 0 Å². The highest BCUT2D eigenvalue weighted by atomic mass is 16.5. The van der Waals surface area contributed by atoms with Gasteiger partial charge in [-0.3, -0.25) is 4.79 Å². The van der Waals surface area contributed by atoms with Gasteiger partial charge in [0.2, 0.25) is 5.91 Å². The summed E-state index contributed by atoms with van der Waals surface area (Å²) >= 11 is 0. The summed E-state index contributed by atoms with van der Waals surface area (Å²) in [6, 6.07) is 22.3. The number of para-hydroxylation sites is 1. The van der Waals surface area contributed by atoms with Crippen molar-refractivity contribution in [3.8, 4) is 5.75 Å². The number of amides is 1. The molecule has 0 radical (unpaired) electrons. The summed E-state index contributed by atoms with van der Waals surface area (Å²) in [5.74, 6) is 0.707. The van der Waals surface area contributed by atoms with Crippen molar-refractivity contribution in [2.45, 2.75) is 19.1 Å². The highest BCUT2D eigenvalue weighted by molar-refractivity contribution is 6.10. The minimum Gasteiger partial charge on any atom is -0.490 e. The predicted octanol–water partition coefficient (Wildman–Crippen LogP) is 3.50. The van der Waals surface area contributed by atoms with Gasteiger partial charge < -0.3 is 30.4 Å². The van der Waals surface area contributed by atoms with Gasteiger partial charge >= 0.3 is 0 Å². The number of aliphatic hydroxyl groups is 1. The number of anilines is 2. The molecule has 1 aliphatic rings. The monoisotopic (exact) mass is 444 g/mol. The lowest BCUT2D eigenvalue weighted by Gasteiger charge is -2.42. The number of rotatable bonds is 8. The molecule has 4 aromatic rings. The van der Waals surface area contributed by atoms with Crippen molar-refractivity contribution in [3.63, 3.8) is 0 Å². The van der Waals surface area contributed by atoms with Crippen LogP contribution in [-0.4, -0.2) is 54.4 Å². The first kappa shape index (κ1) is 21.3. The van der Waals surface area contributed by atoms with Crippen molar-refractivity contribution >= 4 is 39.1 Å². The number of hydrogen-bond donors (Lipinski definition) is 4. The topological polar surface area (TPSA) is 89.6 Å². The van der Waals surface area contributed by atoms with Crippen LogP contribution in [0.1, 0.15) is 6.92 Å². The van der Waals surface area contributed by atoms with Gasteiger partial charge in [0.1, 0.15) is 18.5 Å². The molecule has 170 valence electrons. The number of carbonyl (C=O) groups excluding carboxylic acids is 1. The smallest absolute Gasteiger partial charge is 0.221 e. The van der Waals surface area contributed by atoms with Gasteiger partial charge in [-0.15, -0.1) is 0 Å². The Kier molecular flexibility index (Phi) is 5.90. The van der Waals surface area contributed by atoms with Crippen molar-refractivity contribution in [1.29, 1.82) is 0 Å². The zero-order valence-electron chi connectivity index (χ0n) is 18.5. The summed E-state index contributed by atoms with van der Waals surface area (Å²) in [6.45, 7) is 3.96. The molecule has 0 spiro atoms. The molecule has 4 N–H and O–H groups in total. The van der Waals surface area contributed by atoms with Crippen molar-refractivity contribution in [1.82, 2.24) is 10.3 Å². The Morgan fingerprint density at radius 3 is 2.64 bits per heavy atom. The Hall–Kier alpha value is -3.55. The van der Waals surface area contributed by atoms with Crippen molar-refractivity contribution in [2.75, 3.05) is 36.5 Å². The second-order valence-electron chi connectivity index (χ2n) is 8.55. The van der Waals surface area contributed by atoms with E-state index in [4.69, 9.17) is 4.74 Å². The predicted molar refractivity (Wildman–Crippen MR) is 132 cm³/mol. The third-order valence-electron chi connectivity index (χ3n) is 6.00. The van der Waals surface area contributed by atoms with E-state index in [9.17, 15) is 9.90 Å². The van der Waals surface area contributed by atoms with Crippen LogP contribution in [0.25, 0.3) is 21.8 Å². The molecule has 3 aromatic carbocycles. The highest BCUT2D eigenvalue weighted by Crippen LogP contribution is 2.33. The Morgan fingerprint density at radius 1 is 1.09 bits per heavy atom. The van der Waals surface area contributed by atoms with Crippen molar-refractivity contribution in [2.24, 2.45) is 0 Å². The van der Waals surface area contributed by atoms with Crippen LogP contribution in [-0.2, 0) is 4.79 Å². The van der Waals surface area contributed by atoms with Crippen LogP contribution < -0.4 is 20.3 Å². The number of nitrogens with one attached hydrogen (secondary N) is 3. The second kappa shape index (κ2) is 9.13. The Morgan fingerprint density at radius 2 is 1.85 bits per heavy atom. The number of aromatic amines is 1. The fraction of sp³-hybridized carbons (Fsp3) is 0.269. The molecule has 0 saturated carbocycles. The Labute approximate surface area is 192 Å². The number of ether oxygens (including phenoxy) is 1. The molecule has 0 aliphatic carbocycles. The van der Waals surface area contributed by atoms with Crippen LogP contribution in [0.5, 0.6) is 5.75 Å². The summed E-state index contributed by atoms with van der Waals surface area (Å²) < 4.78 is 6.01. The minimum absolute atomic E-state index is 0.0726. The van der Waals surface area contributed by atoms with Gasteiger partial charge in [0.25, 0.3) is 0 Å². The van der Waals surface area contributed by atoms with E-state index in [1.165, 1.54) is 6.92 Å². The second-order valence-corrected chi connectivity index (χ2v) is 8.55. The number of hydrogen-bond acceptors (Lipinski definition) is 5. The Balaban J connectivity index is 1.10. The van der Waals surface area contributed by atoms with Gasteiger partial charge in [-0.25, -0.2) is 0 Å². The maximum absolute atomic E-state index is 11.1. The molecule has 0 unspecified atom stereocenters. The summed E-state index contributed by atoms with van der Waals surface area (Å²) in [6.07, 6.45) is -0.601.